The minimum absolute atomic E-state index is 0.156. The van der Waals surface area contributed by atoms with E-state index in [0.717, 1.165) is 26.2 Å². The standard InChI is InChI=1S/C10H15BrN2O2/c1-2-15-5-3-4-13-6-8(11)10(14)9(12)7-13/h6-7H,2-5,12H2,1H3. The van der Waals surface area contributed by atoms with Crippen LogP contribution in [0.4, 0.5) is 5.69 Å². The zero-order valence-electron chi connectivity index (χ0n) is 8.70. The van der Waals surface area contributed by atoms with Gasteiger partial charge in [0.15, 0.2) is 0 Å². The van der Waals surface area contributed by atoms with Gasteiger partial charge in [0, 0.05) is 32.2 Å². The number of aryl methyl sites for hydroxylation is 1. The highest BCUT2D eigenvalue weighted by Crippen LogP contribution is 2.06. The maximum atomic E-state index is 11.3. The number of rotatable bonds is 5. The van der Waals surface area contributed by atoms with Gasteiger partial charge in [0.1, 0.15) is 0 Å². The number of nitrogens with two attached hydrogens (primary N) is 1. The Morgan fingerprint density at radius 3 is 2.87 bits per heavy atom. The van der Waals surface area contributed by atoms with Crippen molar-refractivity contribution in [2.24, 2.45) is 0 Å². The Kier molecular flexibility index (Phi) is 4.84. The summed E-state index contributed by atoms with van der Waals surface area (Å²) in [5.74, 6) is 0. The summed E-state index contributed by atoms with van der Waals surface area (Å²) in [6.07, 6.45) is 4.30. The molecule has 0 aliphatic heterocycles. The highest BCUT2D eigenvalue weighted by atomic mass is 79.9. The summed E-state index contributed by atoms with van der Waals surface area (Å²) in [7, 11) is 0. The summed E-state index contributed by atoms with van der Waals surface area (Å²) >= 11 is 3.17. The van der Waals surface area contributed by atoms with Gasteiger partial charge in [-0.1, -0.05) is 0 Å². The number of pyridine rings is 1. The van der Waals surface area contributed by atoms with Gasteiger partial charge in [-0.05, 0) is 29.3 Å². The largest absolute Gasteiger partial charge is 0.394 e. The first-order valence-electron chi connectivity index (χ1n) is 4.88. The molecule has 0 bridgehead atoms. The highest BCUT2D eigenvalue weighted by Gasteiger charge is 2.01. The van der Waals surface area contributed by atoms with Crippen LogP contribution in [-0.4, -0.2) is 17.8 Å². The van der Waals surface area contributed by atoms with Crippen LogP contribution in [0, 0.1) is 0 Å². The van der Waals surface area contributed by atoms with Gasteiger partial charge in [-0.2, -0.15) is 0 Å². The van der Waals surface area contributed by atoms with Crippen molar-refractivity contribution in [1.82, 2.24) is 4.57 Å². The van der Waals surface area contributed by atoms with E-state index in [4.69, 9.17) is 10.5 Å². The van der Waals surface area contributed by atoms with Gasteiger partial charge in [0.05, 0.1) is 10.2 Å². The molecular weight excluding hydrogens is 260 g/mol. The fourth-order valence-corrected chi connectivity index (χ4v) is 1.73. The van der Waals surface area contributed by atoms with Crippen molar-refractivity contribution in [3.8, 4) is 0 Å². The fraction of sp³-hybridized carbons (Fsp3) is 0.500. The molecule has 1 aromatic heterocycles. The summed E-state index contributed by atoms with van der Waals surface area (Å²) in [5, 5.41) is 0. The average molecular weight is 275 g/mol. The molecule has 5 heteroatoms. The van der Waals surface area contributed by atoms with Gasteiger partial charge in [-0.3, -0.25) is 4.79 Å². The van der Waals surface area contributed by atoms with Gasteiger partial charge in [-0.25, -0.2) is 0 Å². The third-order valence-electron chi connectivity index (χ3n) is 1.97. The molecule has 0 radical (unpaired) electrons. The SMILES string of the molecule is CCOCCCn1cc(N)c(=O)c(Br)c1. The van der Waals surface area contributed by atoms with Crippen molar-refractivity contribution >= 4 is 21.6 Å². The normalized spacial score (nSPS) is 10.5. The molecule has 4 nitrogen and oxygen atoms in total. The van der Waals surface area contributed by atoms with Crippen molar-refractivity contribution in [1.29, 1.82) is 0 Å². The molecule has 0 aliphatic rings. The van der Waals surface area contributed by atoms with Crippen LogP contribution in [0.25, 0.3) is 0 Å². The lowest BCUT2D eigenvalue weighted by atomic mass is 10.4. The number of aromatic nitrogens is 1. The predicted octanol–water partition coefficient (Wildman–Crippen LogP) is 1.62. The maximum absolute atomic E-state index is 11.3. The number of nitrogen functional groups attached to an aromatic ring is 1. The third kappa shape index (κ3) is 3.68. The van der Waals surface area contributed by atoms with Crippen molar-refractivity contribution < 1.29 is 4.74 Å². The number of hydrogen-bond acceptors (Lipinski definition) is 3. The van der Waals surface area contributed by atoms with Gasteiger partial charge < -0.3 is 15.0 Å². The van der Waals surface area contributed by atoms with Gasteiger partial charge in [-0.15, -0.1) is 0 Å². The summed E-state index contributed by atoms with van der Waals surface area (Å²) in [6, 6.07) is 0. The van der Waals surface area contributed by atoms with Crippen molar-refractivity contribution in [3.05, 3.63) is 27.1 Å². The van der Waals surface area contributed by atoms with E-state index in [9.17, 15) is 4.79 Å². The second kappa shape index (κ2) is 5.92. The molecule has 0 amide bonds. The molecule has 0 spiro atoms. The Balaban J connectivity index is 2.59. The number of hydrogen-bond donors (Lipinski definition) is 1. The van der Waals surface area contributed by atoms with E-state index < -0.39 is 0 Å². The van der Waals surface area contributed by atoms with Crippen LogP contribution >= 0.6 is 15.9 Å². The molecule has 1 aromatic rings. The van der Waals surface area contributed by atoms with Gasteiger partial charge in [0.25, 0.3) is 0 Å². The Bertz CT molecular complexity index is 350. The lowest BCUT2D eigenvalue weighted by Gasteiger charge is -2.07. The van der Waals surface area contributed by atoms with Crippen LogP contribution in [0.2, 0.25) is 0 Å². The monoisotopic (exact) mass is 274 g/mol. The van der Waals surface area contributed by atoms with E-state index in [0.29, 0.717) is 4.47 Å². The van der Waals surface area contributed by atoms with Crippen LogP contribution in [0.1, 0.15) is 13.3 Å². The molecular formula is C10H15BrN2O2. The van der Waals surface area contributed by atoms with E-state index in [1.54, 1.807) is 12.4 Å². The molecule has 0 unspecified atom stereocenters. The van der Waals surface area contributed by atoms with Crippen LogP contribution in [0.15, 0.2) is 21.7 Å². The Hall–Kier alpha value is -0.810. The quantitative estimate of drug-likeness (QED) is 0.831. The molecule has 0 atom stereocenters. The zero-order chi connectivity index (χ0) is 11.3. The summed E-state index contributed by atoms with van der Waals surface area (Å²) in [4.78, 5) is 11.3. The first-order chi connectivity index (χ1) is 7.15. The number of halogens is 1. The first kappa shape index (κ1) is 12.3. The summed E-state index contributed by atoms with van der Waals surface area (Å²) in [5.41, 5.74) is 5.67. The van der Waals surface area contributed by atoms with E-state index in [1.165, 1.54) is 0 Å². The van der Waals surface area contributed by atoms with Gasteiger partial charge >= 0.3 is 0 Å². The number of anilines is 1. The predicted molar refractivity (Wildman–Crippen MR) is 63.9 cm³/mol. The Morgan fingerprint density at radius 1 is 1.53 bits per heavy atom. The van der Waals surface area contributed by atoms with Crippen LogP contribution < -0.4 is 11.2 Å². The molecule has 84 valence electrons. The number of ether oxygens (including phenoxy) is 1. The van der Waals surface area contributed by atoms with E-state index in [2.05, 4.69) is 15.9 Å². The summed E-state index contributed by atoms with van der Waals surface area (Å²) < 4.78 is 7.61. The lowest BCUT2D eigenvalue weighted by Crippen LogP contribution is -2.13. The minimum Gasteiger partial charge on any atom is -0.394 e. The maximum Gasteiger partial charge on any atom is 0.218 e. The second-order valence-electron chi connectivity index (χ2n) is 3.18. The molecule has 15 heavy (non-hydrogen) atoms. The van der Waals surface area contributed by atoms with Crippen molar-refractivity contribution in [2.75, 3.05) is 18.9 Å². The van der Waals surface area contributed by atoms with E-state index >= 15 is 0 Å². The molecule has 0 aliphatic carbocycles. The van der Waals surface area contributed by atoms with Crippen molar-refractivity contribution in [2.45, 2.75) is 19.9 Å². The molecule has 1 heterocycles. The molecule has 0 aromatic carbocycles. The topological polar surface area (TPSA) is 57.2 Å². The van der Waals surface area contributed by atoms with Crippen molar-refractivity contribution in [3.63, 3.8) is 0 Å². The van der Waals surface area contributed by atoms with Crippen LogP contribution in [0.3, 0.4) is 0 Å². The van der Waals surface area contributed by atoms with Crippen LogP contribution in [0.5, 0.6) is 0 Å². The molecule has 0 saturated carbocycles. The fourth-order valence-electron chi connectivity index (χ4n) is 1.24. The van der Waals surface area contributed by atoms with Crippen LogP contribution in [-0.2, 0) is 11.3 Å². The van der Waals surface area contributed by atoms with E-state index in [-0.39, 0.29) is 11.1 Å². The molecule has 1 rings (SSSR count). The summed E-state index contributed by atoms with van der Waals surface area (Å²) in [6.45, 7) is 4.22. The van der Waals surface area contributed by atoms with E-state index in [1.807, 2.05) is 11.5 Å². The second-order valence-corrected chi connectivity index (χ2v) is 4.03. The average Bonchev–Trinajstić information content (AvgIpc) is 2.21. The number of nitrogens with zero attached hydrogens (tertiary/aromatic N) is 1. The zero-order valence-corrected chi connectivity index (χ0v) is 10.3. The Labute approximate surface area is 97.2 Å². The third-order valence-corrected chi connectivity index (χ3v) is 2.54. The molecule has 0 saturated heterocycles. The molecule has 0 fully saturated rings. The van der Waals surface area contributed by atoms with Gasteiger partial charge in [0.2, 0.25) is 5.43 Å². The Morgan fingerprint density at radius 2 is 2.27 bits per heavy atom. The molecule has 2 N–H and O–H groups in total. The lowest BCUT2D eigenvalue weighted by molar-refractivity contribution is 0.141. The highest BCUT2D eigenvalue weighted by molar-refractivity contribution is 9.10. The first-order valence-corrected chi connectivity index (χ1v) is 5.67. The smallest absolute Gasteiger partial charge is 0.218 e. The minimum atomic E-state index is -0.156.